The lowest BCUT2D eigenvalue weighted by Crippen LogP contribution is -2.30. The van der Waals surface area contributed by atoms with E-state index in [9.17, 15) is 0 Å². The number of pyridine rings is 1. The molecule has 1 aromatic heterocycles. The van der Waals surface area contributed by atoms with Crippen molar-refractivity contribution < 1.29 is 0 Å². The van der Waals surface area contributed by atoms with Crippen LogP contribution in [0.4, 0.5) is 0 Å². The van der Waals surface area contributed by atoms with E-state index in [1.807, 2.05) is 12.3 Å². The minimum absolute atomic E-state index is 0.713. The Bertz CT molecular complexity index is 515. The van der Waals surface area contributed by atoms with Crippen LogP contribution in [0.25, 0.3) is 10.9 Å². The van der Waals surface area contributed by atoms with Crippen molar-refractivity contribution in [1.82, 2.24) is 10.3 Å². The Kier molecular flexibility index (Phi) is 3.56. The van der Waals surface area contributed by atoms with Crippen LogP contribution in [0.5, 0.6) is 0 Å². The number of rotatable bonds is 3. The summed E-state index contributed by atoms with van der Waals surface area (Å²) in [5.74, 6) is 0. The maximum absolute atomic E-state index is 4.50. The highest BCUT2D eigenvalue weighted by Gasteiger charge is 2.12. The molecule has 1 aliphatic rings. The van der Waals surface area contributed by atoms with Crippen molar-refractivity contribution >= 4 is 10.9 Å². The fourth-order valence-electron chi connectivity index (χ4n) is 2.78. The Labute approximate surface area is 108 Å². The van der Waals surface area contributed by atoms with Crippen LogP contribution >= 0.6 is 0 Å². The molecule has 1 aromatic carbocycles. The van der Waals surface area contributed by atoms with Crippen molar-refractivity contribution in [3.63, 3.8) is 0 Å². The highest BCUT2D eigenvalue weighted by Crippen LogP contribution is 2.18. The second-order valence-corrected chi connectivity index (χ2v) is 5.25. The predicted molar refractivity (Wildman–Crippen MR) is 75.5 cm³/mol. The maximum atomic E-state index is 4.50. The molecule has 94 valence electrons. The van der Waals surface area contributed by atoms with Gasteiger partial charge in [0.25, 0.3) is 0 Å². The van der Waals surface area contributed by atoms with Gasteiger partial charge in [0.05, 0.1) is 5.52 Å². The first kappa shape index (κ1) is 11.7. The molecule has 1 aliphatic carbocycles. The predicted octanol–water partition coefficient (Wildman–Crippen LogP) is 3.66. The quantitative estimate of drug-likeness (QED) is 0.885. The molecule has 0 spiro atoms. The summed E-state index contributed by atoms with van der Waals surface area (Å²) in [6.07, 6.45) is 8.84. The summed E-state index contributed by atoms with van der Waals surface area (Å²) >= 11 is 0. The SMILES string of the molecule is c1ccc2ncc(CNC3CCCCC3)cc2c1. The Hall–Kier alpha value is -1.41. The third kappa shape index (κ3) is 2.70. The monoisotopic (exact) mass is 240 g/mol. The minimum Gasteiger partial charge on any atom is -0.310 e. The van der Waals surface area contributed by atoms with Crippen LogP contribution in [0.1, 0.15) is 37.7 Å². The van der Waals surface area contributed by atoms with Gasteiger partial charge in [0.1, 0.15) is 0 Å². The van der Waals surface area contributed by atoms with E-state index in [1.165, 1.54) is 43.1 Å². The summed E-state index contributed by atoms with van der Waals surface area (Å²) in [6, 6.07) is 11.3. The number of nitrogens with one attached hydrogen (secondary N) is 1. The molecule has 1 N–H and O–H groups in total. The molecular weight excluding hydrogens is 220 g/mol. The number of para-hydroxylation sites is 1. The van der Waals surface area contributed by atoms with Gasteiger partial charge >= 0.3 is 0 Å². The van der Waals surface area contributed by atoms with Crippen LogP contribution in [0.2, 0.25) is 0 Å². The molecule has 0 unspecified atom stereocenters. The van der Waals surface area contributed by atoms with Crippen LogP contribution in [-0.4, -0.2) is 11.0 Å². The Morgan fingerprint density at radius 3 is 2.83 bits per heavy atom. The maximum Gasteiger partial charge on any atom is 0.0702 e. The molecule has 2 aromatic rings. The molecule has 1 saturated carbocycles. The summed E-state index contributed by atoms with van der Waals surface area (Å²) in [5.41, 5.74) is 2.37. The highest BCUT2D eigenvalue weighted by atomic mass is 14.9. The van der Waals surface area contributed by atoms with Gasteiger partial charge in [-0.05, 0) is 30.5 Å². The molecule has 0 saturated heterocycles. The molecule has 3 rings (SSSR count). The third-order valence-electron chi connectivity index (χ3n) is 3.85. The first-order valence-corrected chi connectivity index (χ1v) is 6.99. The van der Waals surface area contributed by atoms with Crippen molar-refractivity contribution in [1.29, 1.82) is 0 Å². The van der Waals surface area contributed by atoms with Crippen LogP contribution in [-0.2, 0) is 6.54 Å². The second-order valence-electron chi connectivity index (χ2n) is 5.25. The fourth-order valence-corrected chi connectivity index (χ4v) is 2.78. The molecule has 0 atom stereocenters. The Morgan fingerprint density at radius 1 is 1.11 bits per heavy atom. The van der Waals surface area contributed by atoms with E-state index >= 15 is 0 Å². The minimum atomic E-state index is 0.713. The smallest absolute Gasteiger partial charge is 0.0702 e. The third-order valence-corrected chi connectivity index (χ3v) is 3.85. The second kappa shape index (κ2) is 5.49. The molecule has 1 fully saturated rings. The van der Waals surface area contributed by atoms with E-state index in [1.54, 1.807) is 0 Å². The van der Waals surface area contributed by atoms with Crippen molar-refractivity contribution in [3.8, 4) is 0 Å². The standard InChI is InChI=1S/C16H20N2/c1-2-7-15(8-3-1)17-11-13-10-14-6-4-5-9-16(14)18-12-13/h4-6,9-10,12,15,17H,1-3,7-8,11H2. The average Bonchev–Trinajstić information content (AvgIpc) is 2.46. The summed E-state index contributed by atoms with van der Waals surface area (Å²) in [6.45, 7) is 0.947. The van der Waals surface area contributed by atoms with E-state index in [0.29, 0.717) is 6.04 Å². The molecule has 0 bridgehead atoms. The summed E-state index contributed by atoms with van der Waals surface area (Å²) in [5, 5.41) is 4.90. The van der Waals surface area contributed by atoms with Crippen LogP contribution < -0.4 is 5.32 Å². The lowest BCUT2D eigenvalue weighted by atomic mass is 9.95. The van der Waals surface area contributed by atoms with E-state index in [-0.39, 0.29) is 0 Å². The molecule has 2 heteroatoms. The zero-order chi connectivity index (χ0) is 12.2. The van der Waals surface area contributed by atoms with Gasteiger partial charge in [0.15, 0.2) is 0 Å². The largest absolute Gasteiger partial charge is 0.310 e. The summed E-state index contributed by atoms with van der Waals surface area (Å²) in [7, 11) is 0. The number of hydrogen-bond acceptors (Lipinski definition) is 2. The number of benzene rings is 1. The van der Waals surface area contributed by atoms with Crippen molar-refractivity contribution in [2.24, 2.45) is 0 Å². The molecule has 0 aliphatic heterocycles. The van der Waals surface area contributed by atoms with E-state index in [4.69, 9.17) is 0 Å². The molecule has 1 heterocycles. The lowest BCUT2D eigenvalue weighted by molar-refractivity contribution is 0.372. The zero-order valence-corrected chi connectivity index (χ0v) is 10.7. The van der Waals surface area contributed by atoms with Crippen LogP contribution in [0, 0.1) is 0 Å². The molecule has 0 amide bonds. The number of hydrogen-bond donors (Lipinski definition) is 1. The van der Waals surface area contributed by atoms with Gasteiger partial charge < -0.3 is 5.32 Å². The topological polar surface area (TPSA) is 24.9 Å². The Balaban J connectivity index is 1.66. The van der Waals surface area contributed by atoms with Gasteiger partial charge in [0, 0.05) is 24.2 Å². The average molecular weight is 240 g/mol. The van der Waals surface area contributed by atoms with Gasteiger partial charge in [-0.2, -0.15) is 0 Å². The molecule has 18 heavy (non-hydrogen) atoms. The molecule has 0 radical (unpaired) electrons. The summed E-state index contributed by atoms with van der Waals surface area (Å²) in [4.78, 5) is 4.50. The number of aromatic nitrogens is 1. The van der Waals surface area contributed by atoms with Gasteiger partial charge in [-0.15, -0.1) is 0 Å². The van der Waals surface area contributed by atoms with Crippen LogP contribution in [0.3, 0.4) is 0 Å². The first-order chi connectivity index (χ1) is 8.92. The first-order valence-electron chi connectivity index (χ1n) is 6.99. The van der Waals surface area contributed by atoms with Gasteiger partial charge in [-0.3, -0.25) is 4.98 Å². The van der Waals surface area contributed by atoms with Gasteiger partial charge in [0.2, 0.25) is 0 Å². The van der Waals surface area contributed by atoms with E-state index < -0.39 is 0 Å². The number of nitrogens with zero attached hydrogens (tertiary/aromatic N) is 1. The summed E-state index contributed by atoms with van der Waals surface area (Å²) < 4.78 is 0. The zero-order valence-electron chi connectivity index (χ0n) is 10.7. The van der Waals surface area contributed by atoms with Crippen molar-refractivity contribution in [2.45, 2.75) is 44.7 Å². The van der Waals surface area contributed by atoms with Gasteiger partial charge in [-0.25, -0.2) is 0 Å². The van der Waals surface area contributed by atoms with E-state index in [2.05, 4.69) is 34.6 Å². The number of fused-ring (bicyclic) bond motifs is 1. The Morgan fingerprint density at radius 2 is 1.94 bits per heavy atom. The van der Waals surface area contributed by atoms with Gasteiger partial charge in [-0.1, -0.05) is 37.5 Å². The van der Waals surface area contributed by atoms with E-state index in [0.717, 1.165) is 12.1 Å². The van der Waals surface area contributed by atoms with Crippen LogP contribution in [0.15, 0.2) is 36.5 Å². The normalized spacial score (nSPS) is 17.1. The lowest BCUT2D eigenvalue weighted by Gasteiger charge is -2.22. The molecular formula is C16H20N2. The van der Waals surface area contributed by atoms with Crippen molar-refractivity contribution in [3.05, 3.63) is 42.1 Å². The van der Waals surface area contributed by atoms with Crippen molar-refractivity contribution in [2.75, 3.05) is 0 Å². The highest BCUT2D eigenvalue weighted by molar-refractivity contribution is 5.78. The fraction of sp³-hybridized carbons (Fsp3) is 0.438. The molecule has 2 nitrogen and oxygen atoms in total.